The highest BCUT2D eigenvalue weighted by Crippen LogP contribution is 2.17. The first-order valence-electron chi connectivity index (χ1n) is 8.27. The molecule has 1 aliphatic rings. The minimum absolute atomic E-state index is 0.192. The number of carbonyl (C=O) groups excluding carboxylic acids is 4. The molecule has 1 saturated heterocycles. The van der Waals surface area contributed by atoms with Gasteiger partial charge in [-0.25, -0.2) is 0 Å². The van der Waals surface area contributed by atoms with Crippen LogP contribution in [0.25, 0.3) is 0 Å². The van der Waals surface area contributed by atoms with E-state index in [-0.39, 0.29) is 12.5 Å². The first-order chi connectivity index (χ1) is 12.2. The number of carboxylic acids is 1. The van der Waals surface area contributed by atoms with Gasteiger partial charge in [0, 0.05) is 6.54 Å². The molecule has 146 valence electrons. The summed E-state index contributed by atoms with van der Waals surface area (Å²) in [6.07, 6.45) is 1.16. The fourth-order valence-electron chi connectivity index (χ4n) is 2.55. The molecule has 26 heavy (non-hydrogen) atoms. The zero-order chi connectivity index (χ0) is 19.9. The van der Waals surface area contributed by atoms with Gasteiger partial charge >= 0.3 is 5.97 Å². The van der Waals surface area contributed by atoms with Crippen LogP contribution in [-0.4, -0.2) is 77.4 Å². The van der Waals surface area contributed by atoms with Gasteiger partial charge in [0.2, 0.25) is 23.6 Å². The Balaban J connectivity index is 2.53. The Morgan fingerprint density at radius 1 is 1.12 bits per heavy atom. The van der Waals surface area contributed by atoms with Crippen molar-refractivity contribution < 1.29 is 29.1 Å². The fourth-order valence-corrected chi connectivity index (χ4v) is 2.55. The lowest BCUT2D eigenvalue weighted by atomic mass is 10.2. The minimum atomic E-state index is -1.20. The minimum Gasteiger partial charge on any atom is -0.480 e. The molecule has 1 rings (SSSR count). The number of likely N-dealkylation sites (tertiary alicyclic amines) is 1. The second-order valence-electron chi connectivity index (χ2n) is 6.02. The zero-order valence-electron chi connectivity index (χ0n) is 14.8. The molecule has 6 N–H and O–H groups in total. The number of hydrogen-bond acceptors (Lipinski definition) is 6. The lowest BCUT2D eigenvalue weighted by Gasteiger charge is -2.25. The van der Waals surface area contributed by atoms with Gasteiger partial charge in [-0.05, 0) is 26.7 Å². The highest BCUT2D eigenvalue weighted by Gasteiger charge is 2.34. The standard InChI is InChI=1S/C15H25N5O6/c1-8(13(24)17-7-12(22)23)18-14(25)9(2)19-15(26)10-4-3-5-20(10)11(21)6-16/h8-10H,3-7,16H2,1-2H3,(H,17,24)(H,18,25)(H,19,26)(H,22,23)/t8-,9-,10-/m0/s1. The largest absolute Gasteiger partial charge is 0.480 e. The SMILES string of the molecule is C[C@H](NC(=O)[C@H](C)NC(=O)[C@@H]1CCCN1C(=O)CN)C(=O)NCC(=O)O. The number of amides is 4. The molecule has 0 radical (unpaired) electrons. The van der Waals surface area contributed by atoms with Crippen molar-refractivity contribution >= 4 is 29.6 Å². The van der Waals surface area contributed by atoms with Crippen molar-refractivity contribution in [3.8, 4) is 0 Å². The molecule has 0 unspecified atom stereocenters. The van der Waals surface area contributed by atoms with Gasteiger partial charge in [0.15, 0.2) is 0 Å². The number of aliphatic carboxylic acids is 1. The molecule has 4 amide bonds. The number of nitrogens with two attached hydrogens (primary N) is 1. The van der Waals surface area contributed by atoms with Crippen molar-refractivity contribution in [1.29, 1.82) is 0 Å². The van der Waals surface area contributed by atoms with Gasteiger partial charge in [0.1, 0.15) is 24.7 Å². The predicted octanol–water partition coefficient (Wildman–Crippen LogP) is -2.85. The fraction of sp³-hybridized carbons (Fsp3) is 0.667. The summed E-state index contributed by atoms with van der Waals surface area (Å²) in [7, 11) is 0. The number of nitrogens with zero attached hydrogens (tertiary/aromatic N) is 1. The van der Waals surface area contributed by atoms with Crippen LogP contribution in [0.2, 0.25) is 0 Å². The van der Waals surface area contributed by atoms with E-state index in [1.807, 2.05) is 0 Å². The Bertz CT molecular complexity index is 581. The van der Waals surface area contributed by atoms with Gasteiger partial charge in [-0.2, -0.15) is 0 Å². The van der Waals surface area contributed by atoms with Gasteiger partial charge in [0.25, 0.3) is 0 Å². The van der Waals surface area contributed by atoms with E-state index in [4.69, 9.17) is 10.8 Å². The van der Waals surface area contributed by atoms with E-state index in [0.717, 1.165) is 0 Å². The van der Waals surface area contributed by atoms with Gasteiger partial charge in [-0.15, -0.1) is 0 Å². The summed E-state index contributed by atoms with van der Waals surface area (Å²) in [5, 5.41) is 15.5. The van der Waals surface area contributed by atoms with Gasteiger partial charge in [-0.3, -0.25) is 24.0 Å². The number of carboxylic acid groups (broad SMARTS) is 1. The van der Waals surface area contributed by atoms with Crippen LogP contribution in [-0.2, 0) is 24.0 Å². The molecule has 11 nitrogen and oxygen atoms in total. The first kappa shape index (κ1) is 21.4. The molecule has 11 heteroatoms. The molecule has 0 saturated carbocycles. The van der Waals surface area contributed by atoms with Crippen LogP contribution in [0.1, 0.15) is 26.7 Å². The van der Waals surface area contributed by atoms with Gasteiger partial charge < -0.3 is 31.7 Å². The molecule has 1 aliphatic heterocycles. The third kappa shape index (κ3) is 5.99. The Hall–Kier alpha value is -2.69. The Kier molecular flexibility index (Phi) is 7.97. The quantitative estimate of drug-likeness (QED) is 0.305. The van der Waals surface area contributed by atoms with Crippen LogP contribution in [0.15, 0.2) is 0 Å². The molecule has 0 aromatic carbocycles. The molecule has 0 aromatic rings. The highest BCUT2D eigenvalue weighted by atomic mass is 16.4. The summed E-state index contributed by atoms with van der Waals surface area (Å²) in [6, 6.07) is -2.58. The van der Waals surface area contributed by atoms with Crippen molar-refractivity contribution in [2.24, 2.45) is 5.73 Å². The Morgan fingerprint density at radius 3 is 2.31 bits per heavy atom. The van der Waals surface area contributed by atoms with E-state index in [1.54, 1.807) is 0 Å². The predicted molar refractivity (Wildman–Crippen MR) is 89.6 cm³/mol. The summed E-state index contributed by atoms with van der Waals surface area (Å²) < 4.78 is 0. The van der Waals surface area contributed by atoms with Crippen LogP contribution < -0.4 is 21.7 Å². The van der Waals surface area contributed by atoms with Crippen LogP contribution in [0.5, 0.6) is 0 Å². The maximum atomic E-state index is 12.3. The molecule has 0 spiro atoms. The summed E-state index contributed by atoms with van der Waals surface area (Å²) >= 11 is 0. The molecule has 3 atom stereocenters. The van der Waals surface area contributed by atoms with Crippen LogP contribution in [0.4, 0.5) is 0 Å². The summed E-state index contributed by atoms with van der Waals surface area (Å²) in [5.74, 6) is -3.26. The van der Waals surface area contributed by atoms with E-state index in [2.05, 4.69) is 16.0 Å². The Morgan fingerprint density at radius 2 is 1.73 bits per heavy atom. The number of carbonyl (C=O) groups is 5. The van der Waals surface area contributed by atoms with Crippen LogP contribution in [0.3, 0.4) is 0 Å². The van der Waals surface area contributed by atoms with Crippen LogP contribution in [0, 0.1) is 0 Å². The van der Waals surface area contributed by atoms with Crippen molar-refractivity contribution in [2.45, 2.75) is 44.8 Å². The van der Waals surface area contributed by atoms with E-state index in [0.29, 0.717) is 19.4 Å². The zero-order valence-corrected chi connectivity index (χ0v) is 14.8. The molecule has 1 fully saturated rings. The lowest BCUT2D eigenvalue weighted by Crippen LogP contribution is -2.55. The number of rotatable bonds is 8. The lowest BCUT2D eigenvalue weighted by molar-refractivity contribution is -0.139. The van der Waals surface area contributed by atoms with E-state index < -0.39 is 48.4 Å². The summed E-state index contributed by atoms with van der Waals surface area (Å²) in [6.45, 7) is 2.53. The van der Waals surface area contributed by atoms with Crippen LogP contribution >= 0.6 is 0 Å². The Labute approximate surface area is 150 Å². The first-order valence-corrected chi connectivity index (χ1v) is 8.27. The average molecular weight is 371 g/mol. The number of nitrogens with one attached hydrogen (secondary N) is 3. The van der Waals surface area contributed by atoms with E-state index in [9.17, 15) is 24.0 Å². The summed E-state index contributed by atoms with van der Waals surface area (Å²) in [4.78, 5) is 59.6. The second-order valence-corrected chi connectivity index (χ2v) is 6.02. The average Bonchev–Trinajstić information content (AvgIpc) is 3.08. The van der Waals surface area contributed by atoms with Gasteiger partial charge in [0.05, 0.1) is 6.54 Å². The van der Waals surface area contributed by atoms with Gasteiger partial charge in [-0.1, -0.05) is 0 Å². The van der Waals surface area contributed by atoms with Crippen molar-refractivity contribution in [3.05, 3.63) is 0 Å². The normalized spacial score (nSPS) is 18.6. The molecule has 1 heterocycles. The summed E-state index contributed by atoms with van der Waals surface area (Å²) in [5.41, 5.74) is 5.33. The monoisotopic (exact) mass is 371 g/mol. The third-order valence-corrected chi connectivity index (χ3v) is 3.97. The maximum absolute atomic E-state index is 12.3. The van der Waals surface area contributed by atoms with E-state index in [1.165, 1.54) is 18.7 Å². The molecule has 0 bridgehead atoms. The molecular weight excluding hydrogens is 346 g/mol. The topological polar surface area (TPSA) is 171 Å². The maximum Gasteiger partial charge on any atom is 0.322 e. The van der Waals surface area contributed by atoms with Crippen molar-refractivity contribution in [2.75, 3.05) is 19.6 Å². The molecule has 0 aliphatic carbocycles. The van der Waals surface area contributed by atoms with E-state index >= 15 is 0 Å². The molecule has 0 aromatic heterocycles. The second kappa shape index (κ2) is 9.70. The highest BCUT2D eigenvalue weighted by molar-refractivity contribution is 5.94. The number of hydrogen-bond donors (Lipinski definition) is 5. The third-order valence-electron chi connectivity index (χ3n) is 3.97. The smallest absolute Gasteiger partial charge is 0.322 e. The van der Waals surface area contributed by atoms with Crippen molar-refractivity contribution in [3.63, 3.8) is 0 Å². The van der Waals surface area contributed by atoms with Crippen molar-refractivity contribution in [1.82, 2.24) is 20.9 Å². The molecular formula is C15H25N5O6.